The quantitative estimate of drug-likeness (QED) is 0.766. The van der Waals surface area contributed by atoms with Gasteiger partial charge in [-0.3, -0.25) is 9.69 Å². The highest BCUT2D eigenvalue weighted by atomic mass is 16.3. The van der Waals surface area contributed by atoms with Crippen molar-refractivity contribution in [2.24, 2.45) is 0 Å². The van der Waals surface area contributed by atoms with Crippen LogP contribution in [0.3, 0.4) is 0 Å². The number of rotatable bonds is 7. The Kier molecular flexibility index (Phi) is 5.73. The third-order valence-electron chi connectivity index (χ3n) is 3.67. The van der Waals surface area contributed by atoms with Crippen molar-refractivity contribution in [1.82, 2.24) is 9.47 Å². The van der Waals surface area contributed by atoms with E-state index in [1.165, 1.54) is 6.07 Å². The molecule has 122 valence electrons. The molecule has 0 saturated heterocycles. The Labute approximate surface area is 135 Å². The van der Waals surface area contributed by atoms with Gasteiger partial charge in [0.2, 0.25) is 5.43 Å². The minimum Gasteiger partial charge on any atom is -0.503 e. The van der Waals surface area contributed by atoms with E-state index in [-0.39, 0.29) is 12.4 Å². The predicted octanol–water partition coefficient (Wildman–Crippen LogP) is 1.86. The summed E-state index contributed by atoms with van der Waals surface area (Å²) >= 11 is 0. The van der Waals surface area contributed by atoms with E-state index in [9.17, 15) is 15.0 Å². The summed E-state index contributed by atoms with van der Waals surface area (Å²) in [6.07, 6.45) is 1.67. The fraction of sp³-hybridized carbons (Fsp3) is 0.278. The van der Waals surface area contributed by atoms with Gasteiger partial charge in [0.25, 0.3) is 0 Å². The van der Waals surface area contributed by atoms with Crippen molar-refractivity contribution >= 4 is 0 Å². The van der Waals surface area contributed by atoms with E-state index in [0.717, 1.165) is 5.56 Å². The van der Waals surface area contributed by atoms with Crippen LogP contribution in [0.2, 0.25) is 0 Å². The maximum absolute atomic E-state index is 11.9. The first-order chi connectivity index (χ1) is 11.1. The van der Waals surface area contributed by atoms with Crippen molar-refractivity contribution < 1.29 is 10.2 Å². The fourth-order valence-electron chi connectivity index (χ4n) is 2.60. The summed E-state index contributed by atoms with van der Waals surface area (Å²) in [5.41, 5.74) is 1.62. The van der Waals surface area contributed by atoms with Crippen molar-refractivity contribution in [3.8, 4) is 5.75 Å². The number of aliphatic hydroxyl groups excluding tert-OH is 1. The number of benzene rings is 1. The zero-order valence-electron chi connectivity index (χ0n) is 13.3. The zero-order valence-corrected chi connectivity index (χ0v) is 13.3. The molecule has 0 bridgehead atoms. The second-order valence-electron chi connectivity index (χ2n) is 5.51. The van der Waals surface area contributed by atoms with Crippen molar-refractivity contribution in [2.75, 3.05) is 7.05 Å². The van der Waals surface area contributed by atoms with Crippen LogP contribution >= 0.6 is 0 Å². The molecule has 0 fully saturated rings. The molecule has 0 aliphatic rings. The van der Waals surface area contributed by atoms with Crippen molar-refractivity contribution in [2.45, 2.75) is 26.2 Å². The van der Waals surface area contributed by atoms with Crippen LogP contribution in [0.25, 0.3) is 0 Å². The summed E-state index contributed by atoms with van der Waals surface area (Å²) in [5, 5.41) is 19.6. The van der Waals surface area contributed by atoms with Gasteiger partial charge < -0.3 is 14.8 Å². The molecule has 0 radical (unpaired) electrons. The number of aromatic hydroxyl groups is 1. The number of allylic oxidation sites excluding steroid dienone is 1. The minimum atomic E-state index is -0.475. The molecular weight excluding hydrogens is 292 g/mol. The van der Waals surface area contributed by atoms with Gasteiger partial charge in [-0.15, -0.1) is 6.58 Å². The topological polar surface area (TPSA) is 65.7 Å². The molecule has 1 aromatic heterocycles. The molecule has 0 amide bonds. The van der Waals surface area contributed by atoms with Crippen LogP contribution in [0.15, 0.2) is 53.8 Å². The SMILES string of the molecule is C=CCn1c(CO)cc(=O)c(O)c1CN(C)Cc1ccccc1. The summed E-state index contributed by atoms with van der Waals surface area (Å²) in [5.74, 6) is -0.274. The average molecular weight is 314 g/mol. The Morgan fingerprint density at radius 3 is 2.57 bits per heavy atom. The van der Waals surface area contributed by atoms with Gasteiger partial charge in [0.05, 0.1) is 12.3 Å². The molecule has 0 aliphatic heterocycles. The molecule has 0 unspecified atom stereocenters. The Morgan fingerprint density at radius 2 is 1.96 bits per heavy atom. The maximum Gasteiger partial charge on any atom is 0.223 e. The fourth-order valence-corrected chi connectivity index (χ4v) is 2.60. The molecule has 0 atom stereocenters. The highest BCUT2D eigenvalue weighted by molar-refractivity contribution is 5.30. The van der Waals surface area contributed by atoms with Gasteiger partial charge >= 0.3 is 0 Å². The normalized spacial score (nSPS) is 10.9. The van der Waals surface area contributed by atoms with Crippen molar-refractivity contribution in [3.05, 3.63) is 76.2 Å². The molecule has 2 rings (SSSR count). The maximum atomic E-state index is 11.9. The second kappa shape index (κ2) is 7.76. The van der Waals surface area contributed by atoms with E-state index in [1.807, 2.05) is 42.3 Å². The molecule has 0 saturated carbocycles. The minimum absolute atomic E-state index is 0.265. The molecule has 5 nitrogen and oxygen atoms in total. The van der Waals surface area contributed by atoms with E-state index in [1.54, 1.807) is 10.6 Å². The van der Waals surface area contributed by atoms with Crippen LogP contribution in [0.4, 0.5) is 0 Å². The van der Waals surface area contributed by atoms with Gasteiger partial charge in [0.1, 0.15) is 0 Å². The van der Waals surface area contributed by atoms with Gasteiger partial charge in [-0.05, 0) is 12.6 Å². The molecule has 1 heterocycles. The lowest BCUT2D eigenvalue weighted by Gasteiger charge is -2.22. The first-order valence-corrected chi connectivity index (χ1v) is 7.45. The van der Waals surface area contributed by atoms with Gasteiger partial charge in [0, 0.05) is 31.4 Å². The van der Waals surface area contributed by atoms with Gasteiger partial charge in [-0.1, -0.05) is 36.4 Å². The number of hydrogen-bond donors (Lipinski definition) is 2. The number of pyridine rings is 1. The van der Waals surface area contributed by atoms with Crippen LogP contribution in [0, 0.1) is 0 Å². The van der Waals surface area contributed by atoms with E-state index in [0.29, 0.717) is 31.0 Å². The lowest BCUT2D eigenvalue weighted by molar-refractivity contribution is 0.262. The summed E-state index contributed by atoms with van der Waals surface area (Å²) in [7, 11) is 1.92. The molecule has 23 heavy (non-hydrogen) atoms. The molecule has 2 aromatic rings. The standard InChI is InChI=1S/C18H22N2O3/c1-3-9-20-15(13-21)10-17(22)18(23)16(20)12-19(2)11-14-7-5-4-6-8-14/h3-8,10,21,23H,1,9,11-13H2,2H3. The Hall–Kier alpha value is -2.37. The van der Waals surface area contributed by atoms with E-state index in [4.69, 9.17) is 0 Å². The van der Waals surface area contributed by atoms with E-state index in [2.05, 4.69) is 6.58 Å². The van der Waals surface area contributed by atoms with Crippen molar-refractivity contribution in [1.29, 1.82) is 0 Å². The predicted molar refractivity (Wildman–Crippen MR) is 90.1 cm³/mol. The summed E-state index contributed by atoms with van der Waals surface area (Å²) < 4.78 is 1.73. The molecule has 5 heteroatoms. The number of nitrogens with zero attached hydrogens (tertiary/aromatic N) is 2. The Balaban J connectivity index is 2.32. The first kappa shape index (κ1) is 17.0. The second-order valence-corrected chi connectivity index (χ2v) is 5.51. The largest absolute Gasteiger partial charge is 0.503 e. The highest BCUT2D eigenvalue weighted by Gasteiger charge is 2.15. The number of aliphatic hydroxyl groups is 1. The highest BCUT2D eigenvalue weighted by Crippen LogP contribution is 2.18. The van der Waals surface area contributed by atoms with Crippen LogP contribution < -0.4 is 5.43 Å². The van der Waals surface area contributed by atoms with Crippen LogP contribution in [-0.2, 0) is 26.2 Å². The first-order valence-electron chi connectivity index (χ1n) is 7.45. The molecule has 0 spiro atoms. The summed E-state index contributed by atoms with van der Waals surface area (Å²) in [4.78, 5) is 13.9. The van der Waals surface area contributed by atoms with Crippen LogP contribution in [-0.4, -0.2) is 26.7 Å². The number of hydrogen-bond acceptors (Lipinski definition) is 4. The average Bonchev–Trinajstić information content (AvgIpc) is 2.55. The Bertz CT molecular complexity index is 723. The molecule has 2 N–H and O–H groups in total. The van der Waals surface area contributed by atoms with E-state index >= 15 is 0 Å². The van der Waals surface area contributed by atoms with Crippen LogP contribution in [0.1, 0.15) is 17.0 Å². The third kappa shape index (κ3) is 4.09. The number of aromatic nitrogens is 1. The third-order valence-corrected chi connectivity index (χ3v) is 3.67. The summed E-state index contributed by atoms with van der Waals surface area (Å²) in [6.45, 7) is 4.92. The van der Waals surface area contributed by atoms with Gasteiger partial charge in [-0.25, -0.2) is 0 Å². The molecule has 0 aliphatic carbocycles. The molecular formula is C18H22N2O3. The lowest BCUT2D eigenvalue weighted by atomic mass is 10.2. The van der Waals surface area contributed by atoms with Crippen LogP contribution in [0.5, 0.6) is 5.75 Å². The zero-order chi connectivity index (χ0) is 16.8. The Morgan fingerprint density at radius 1 is 1.26 bits per heavy atom. The monoisotopic (exact) mass is 314 g/mol. The van der Waals surface area contributed by atoms with Crippen molar-refractivity contribution in [3.63, 3.8) is 0 Å². The van der Waals surface area contributed by atoms with Gasteiger partial charge in [0.15, 0.2) is 5.75 Å². The lowest BCUT2D eigenvalue weighted by Crippen LogP contribution is -2.24. The summed E-state index contributed by atoms with van der Waals surface area (Å²) in [6, 6.07) is 11.2. The van der Waals surface area contributed by atoms with Gasteiger partial charge in [-0.2, -0.15) is 0 Å². The smallest absolute Gasteiger partial charge is 0.223 e. The van der Waals surface area contributed by atoms with E-state index < -0.39 is 5.43 Å². The molecule has 1 aromatic carbocycles.